The molecule has 1 aliphatic rings. The number of aliphatic carboxylic acids is 1. The Balaban J connectivity index is 2.55. The Morgan fingerprint density at radius 2 is 1.93 bits per heavy atom. The first kappa shape index (κ1) is 12.2. The highest BCUT2D eigenvalue weighted by molar-refractivity contribution is 5.85. The number of nitrogens with zero attached hydrogens (tertiary/aromatic N) is 1. The molecular formula is C12H21NO2. The Morgan fingerprint density at radius 1 is 1.40 bits per heavy atom. The van der Waals surface area contributed by atoms with E-state index >= 15 is 0 Å². The van der Waals surface area contributed by atoms with Gasteiger partial charge in [-0.05, 0) is 33.6 Å². The van der Waals surface area contributed by atoms with Crippen LogP contribution in [0.2, 0.25) is 0 Å². The SMILES string of the molecule is C/C(=C/CN1C(C)CCCC1C)C(=O)O. The van der Waals surface area contributed by atoms with Gasteiger partial charge in [-0.1, -0.05) is 12.5 Å². The maximum Gasteiger partial charge on any atom is 0.330 e. The molecule has 0 aromatic heterocycles. The monoisotopic (exact) mass is 211 g/mol. The number of rotatable bonds is 3. The Morgan fingerprint density at radius 3 is 2.40 bits per heavy atom. The fourth-order valence-corrected chi connectivity index (χ4v) is 2.16. The molecule has 1 aliphatic heterocycles. The fraction of sp³-hybridized carbons (Fsp3) is 0.750. The second kappa shape index (κ2) is 5.31. The van der Waals surface area contributed by atoms with Gasteiger partial charge in [-0.15, -0.1) is 0 Å². The second-order valence-electron chi connectivity index (χ2n) is 4.52. The van der Waals surface area contributed by atoms with E-state index in [0.29, 0.717) is 17.7 Å². The van der Waals surface area contributed by atoms with Gasteiger partial charge in [-0.2, -0.15) is 0 Å². The van der Waals surface area contributed by atoms with Gasteiger partial charge < -0.3 is 5.11 Å². The normalized spacial score (nSPS) is 29.1. The summed E-state index contributed by atoms with van der Waals surface area (Å²) in [4.78, 5) is 13.0. The van der Waals surface area contributed by atoms with Crippen LogP contribution >= 0.6 is 0 Å². The van der Waals surface area contributed by atoms with Gasteiger partial charge in [0.1, 0.15) is 0 Å². The van der Waals surface area contributed by atoms with Crippen molar-refractivity contribution in [2.24, 2.45) is 0 Å². The summed E-state index contributed by atoms with van der Waals surface area (Å²) in [7, 11) is 0. The average molecular weight is 211 g/mol. The first-order valence-electron chi connectivity index (χ1n) is 5.68. The second-order valence-corrected chi connectivity index (χ2v) is 4.52. The van der Waals surface area contributed by atoms with E-state index in [2.05, 4.69) is 18.7 Å². The van der Waals surface area contributed by atoms with E-state index in [4.69, 9.17) is 5.11 Å². The van der Waals surface area contributed by atoms with Gasteiger partial charge in [-0.3, -0.25) is 4.90 Å². The molecule has 0 aromatic carbocycles. The molecule has 0 amide bonds. The van der Waals surface area contributed by atoms with Crippen LogP contribution in [-0.2, 0) is 4.79 Å². The van der Waals surface area contributed by atoms with Crippen LogP contribution < -0.4 is 0 Å². The summed E-state index contributed by atoms with van der Waals surface area (Å²) in [6.07, 6.45) is 5.57. The van der Waals surface area contributed by atoms with E-state index in [0.717, 1.165) is 6.54 Å². The Hall–Kier alpha value is -0.830. The third-order valence-corrected chi connectivity index (χ3v) is 3.32. The first-order valence-corrected chi connectivity index (χ1v) is 5.68. The molecule has 2 unspecified atom stereocenters. The van der Waals surface area contributed by atoms with Gasteiger partial charge >= 0.3 is 5.97 Å². The summed E-state index contributed by atoms with van der Waals surface area (Å²) in [6.45, 7) is 6.86. The summed E-state index contributed by atoms with van der Waals surface area (Å²) in [5.74, 6) is -0.813. The smallest absolute Gasteiger partial charge is 0.330 e. The van der Waals surface area contributed by atoms with Gasteiger partial charge in [0.25, 0.3) is 0 Å². The lowest BCUT2D eigenvalue weighted by molar-refractivity contribution is -0.132. The first-order chi connectivity index (χ1) is 7.02. The van der Waals surface area contributed by atoms with Crippen LogP contribution in [0.3, 0.4) is 0 Å². The molecule has 1 N–H and O–H groups in total. The van der Waals surface area contributed by atoms with Crippen LogP contribution in [0.25, 0.3) is 0 Å². The van der Waals surface area contributed by atoms with Crippen molar-refractivity contribution < 1.29 is 9.90 Å². The van der Waals surface area contributed by atoms with E-state index < -0.39 is 5.97 Å². The molecule has 3 nitrogen and oxygen atoms in total. The van der Waals surface area contributed by atoms with Crippen molar-refractivity contribution in [1.29, 1.82) is 0 Å². The van der Waals surface area contributed by atoms with E-state index in [1.54, 1.807) is 6.92 Å². The topological polar surface area (TPSA) is 40.5 Å². The highest BCUT2D eigenvalue weighted by Crippen LogP contribution is 2.22. The molecule has 3 heteroatoms. The minimum atomic E-state index is -0.813. The van der Waals surface area contributed by atoms with Crippen molar-refractivity contribution in [3.8, 4) is 0 Å². The van der Waals surface area contributed by atoms with Gasteiger partial charge in [0.2, 0.25) is 0 Å². The van der Waals surface area contributed by atoms with Gasteiger partial charge in [0.15, 0.2) is 0 Å². The molecule has 0 aliphatic carbocycles. The maximum atomic E-state index is 10.6. The number of hydrogen-bond acceptors (Lipinski definition) is 2. The maximum absolute atomic E-state index is 10.6. The van der Waals surface area contributed by atoms with E-state index in [1.165, 1.54) is 19.3 Å². The van der Waals surface area contributed by atoms with Crippen molar-refractivity contribution in [1.82, 2.24) is 4.90 Å². The van der Waals surface area contributed by atoms with Crippen LogP contribution in [-0.4, -0.2) is 34.6 Å². The zero-order valence-electron chi connectivity index (χ0n) is 9.86. The zero-order chi connectivity index (χ0) is 11.4. The predicted octanol–water partition coefficient (Wildman–Crippen LogP) is 2.28. The largest absolute Gasteiger partial charge is 0.478 e. The third-order valence-electron chi connectivity index (χ3n) is 3.32. The molecule has 0 aromatic rings. The molecule has 1 saturated heterocycles. The average Bonchev–Trinajstić information content (AvgIpc) is 2.16. The van der Waals surface area contributed by atoms with Crippen molar-refractivity contribution in [2.75, 3.05) is 6.54 Å². The summed E-state index contributed by atoms with van der Waals surface area (Å²) < 4.78 is 0. The van der Waals surface area contributed by atoms with E-state index in [-0.39, 0.29) is 0 Å². The summed E-state index contributed by atoms with van der Waals surface area (Å²) in [5.41, 5.74) is 0.444. The van der Waals surface area contributed by atoms with Crippen molar-refractivity contribution in [3.05, 3.63) is 11.6 Å². The van der Waals surface area contributed by atoms with Crippen LogP contribution in [0.4, 0.5) is 0 Å². The molecule has 86 valence electrons. The van der Waals surface area contributed by atoms with Crippen molar-refractivity contribution in [2.45, 2.75) is 52.1 Å². The highest BCUT2D eigenvalue weighted by atomic mass is 16.4. The van der Waals surface area contributed by atoms with E-state index in [9.17, 15) is 4.79 Å². The molecule has 15 heavy (non-hydrogen) atoms. The number of hydrogen-bond donors (Lipinski definition) is 1. The van der Waals surface area contributed by atoms with Crippen molar-refractivity contribution >= 4 is 5.97 Å². The number of carboxylic acid groups (broad SMARTS) is 1. The standard InChI is InChI=1S/C12H21NO2/c1-9(12(14)15)7-8-13-10(2)5-4-6-11(13)3/h7,10-11H,4-6,8H2,1-3H3,(H,14,15)/b9-7-. The van der Waals surface area contributed by atoms with Crippen molar-refractivity contribution in [3.63, 3.8) is 0 Å². The number of carboxylic acids is 1. The third kappa shape index (κ3) is 3.34. The minimum Gasteiger partial charge on any atom is -0.478 e. The highest BCUT2D eigenvalue weighted by Gasteiger charge is 2.23. The summed E-state index contributed by atoms with van der Waals surface area (Å²) in [5, 5.41) is 8.76. The predicted molar refractivity (Wildman–Crippen MR) is 60.9 cm³/mol. The summed E-state index contributed by atoms with van der Waals surface area (Å²) >= 11 is 0. The molecule has 0 radical (unpaired) electrons. The molecule has 0 saturated carbocycles. The van der Waals surface area contributed by atoms with Gasteiger partial charge in [0, 0.05) is 24.2 Å². The molecular weight excluding hydrogens is 190 g/mol. The van der Waals surface area contributed by atoms with Gasteiger partial charge in [0.05, 0.1) is 0 Å². The molecule has 1 rings (SSSR count). The molecule has 0 bridgehead atoms. The molecule has 1 heterocycles. The lowest BCUT2D eigenvalue weighted by Gasteiger charge is -2.38. The zero-order valence-corrected chi connectivity index (χ0v) is 9.86. The number of carbonyl (C=O) groups is 1. The minimum absolute atomic E-state index is 0.444. The fourth-order valence-electron chi connectivity index (χ4n) is 2.16. The Bertz CT molecular complexity index is 250. The molecule has 0 spiro atoms. The van der Waals surface area contributed by atoms with Crippen LogP contribution in [0.5, 0.6) is 0 Å². The van der Waals surface area contributed by atoms with E-state index in [1.807, 2.05) is 6.08 Å². The van der Waals surface area contributed by atoms with Crippen LogP contribution in [0, 0.1) is 0 Å². The Labute approximate surface area is 91.8 Å². The van der Waals surface area contributed by atoms with Crippen LogP contribution in [0.15, 0.2) is 11.6 Å². The summed E-state index contributed by atoms with van der Waals surface area (Å²) in [6, 6.07) is 1.15. The lowest BCUT2D eigenvalue weighted by atomic mass is 9.97. The molecule has 2 atom stereocenters. The molecule has 1 fully saturated rings. The number of likely N-dealkylation sites (tertiary alicyclic amines) is 1. The Kier molecular flexibility index (Phi) is 4.33. The van der Waals surface area contributed by atoms with Gasteiger partial charge in [-0.25, -0.2) is 4.79 Å². The lowest BCUT2D eigenvalue weighted by Crippen LogP contribution is -2.43. The van der Waals surface area contributed by atoms with Crippen LogP contribution in [0.1, 0.15) is 40.0 Å². The number of piperidine rings is 1. The quantitative estimate of drug-likeness (QED) is 0.728.